The molecule has 20 heavy (non-hydrogen) atoms. The maximum Gasteiger partial charge on any atom is 0.261 e. The van der Waals surface area contributed by atoms with Crippen molar-refractivity contribution in [3.05, 3.63) is 35.4 Å². The number of ether oxygens (including phenoxy) is 1. The fraction of sp³-hybridized carbons (Fsp3) is 0.357. The highest BCUT2D eigenvalue weighted by molar-refractivity contribution is 5.94. The van der Waals surface area contributed by atoms with Crippen LogP contribution in [0, 0.1) is 11.8 Å². The fourth-order valence-electron chi connectivity index (χ4n) is 1.37. The minimum absolute atomic E-state index is 0.0517. The van der Waals surface area contributed by atoms with Gasteiger partial charge in [-0.25, -0.2) is 8.78 Å². The molecule has 1 rings (SSSR count). The van der Waals surface area contributed by atoms with Crippen molar-refractivity contribution < 1.29 is 18.3 Å². The minimum Gasteiger partial charge on any atom is -0.374 e. The SMILES string of the molecule is NCC#Cc1ccc(C(=O)NCCOCC(F)F)cc1. The molecule has 0 saturated heterocycles. The second kappa shape index (κ2) is 9.02. The number of halogens is 2. The molecular weight excluding hydrogens is 266 g/mol. The number of hydrogen-bond acceptors (Lipinski definition) is 3. The van der Waals surface area contributed by atoms with Crippen LogP contribution in [0.2, 0.25) is 0 Å². The molecule has 0 heterocycles. The van der Waals surface area contributed by atoms with E-state index >= 15 is 0 Å². The van der Waals surface area contributed by atoms with Gasteiger partial charge in [-0.3, -0.25) is 4.79 Å². The number of benzene rings is 1. The first kappa shape index (κ1) is 16.1. The van der Waals surface area contributed by atoms with Gasteiger partial charge in [0.25, 0.3) is 12.3 Å². The molecule has 0 saturated carbocycles. The molecule has 4 nitrogen and oxygen atoms in total. The Morgan fingerprint density at radius 2 is 2.05 bits per heavy atom. The third-order valence-electron chi connectivity index (χ3n) is 2.26. The lowest BCUT2D eigenvalue weighted by molar-refractivity contribution is 0.0188. The zero-order chi connectivity index (χ0) is 14.8. The number of rotatable bonds is 6. The summed E-state index contributed by atoms with van der Waals surface area (Å²) in [7, 11) is 0. The number of carbonyl (C=O) groups is 1. The molecule has 0 aromatic heterocycles. The number of nitrogens with one attached hydrogen (secondary N) is 1. The van der Waals surface area contributed by atoms with Crippen molar-refractivity contribution in [2.45, 2.75) is 6.43 Å². The van der Waals surface area contributed by atoms with Crippen LogP contribution in [0.15, 0.2) is 24.3 Å². The summed E-state index contributed by atoms with van der Waals surface area (Å²) >= 11 is 0. The van der Waals surface area contributed by atoms with Gasteiger partial charge in [-0.2, -0.15) is 0 Å². The van der Waals surface area contributed by atoms with E-state index in [1.165, 1.54) is 0 Å². The third kappa shape index (κ3) is 6.27. The van der Waals surface area contributed by atoms with E-state index in [4.69, 9.17) is 5.73 Å². The van der Waals surface area contributed by atoms with Gasteiger partial charge in [0.1, 0.15) is 6.61 Å². The first-order chi connectivity index (χ1) is 9.63. The van der Waals surface area contributed by atoms with Crippen molar-refractivity contribution in [2.75, 3.05) is 26.3 Å². The Morgan fingerprint density at radius 3 is 2.65 bits per heavy atom. The summed E-state index contributed by atoms with van der Waals surface area (Å²) in [6.45, 7) is -0.109. The van der Waals surface area contributed by atoms with Gasteiger partial charge in [-0.1, -0.05) is 11.8 Å². The standard InChI is InChI=1S/C14H16F2N2O2/c15-13(16)10-20-9-8-18-14(19)12-5-3-11(4-6-12)2-1-7-17/h3-6,13H,7-10,17H2,(H,18,19). The highest BCUT2D eigenvalue weighted by Gasteiger charge is 2.05. The molecule has 0 aliphatic heterocycles. The Hall–Kier alpha value is -1.97. The van der Waals surface area contributed by atoms with Crippen molar-refractivity contribution >= 4 is 5.91 Å². The summed E-state index contributed by atoms with van der Waals surface area (Å²) in [5.41, 5.74) is 6.50. The van der Waals surface area contributed by atoms with Crippen LogP contribution in [0.3, 0.4) is 0 Å². The molecule has 0 unspecified atom stereocenters. The zero-order valence-electron chi connectivity index (χ0n) is 10.9. The van der Waals surface area contributed by atoms with E-state index in [2.05, 4.69) is 21.9 Å². The summed E-state index contributed by atoms with van der Waals surface area (Å²) in [5, 5.41) is 2.57. The maximum absolute atomic E-state index is 11.8. The Balaban J connectivity index is 2.36. The third-order valence-corrected chi connectivity index (χ3v) is 2.26. The van der Waals surface area contributed by atoms with Gasteiger partial charge in [0.2, 0.25) is 0 Å². The Kier molecular flexibility index (Phi) is 7.25. The van der Waals surface area contributed by atoms with Crippen LogP contribution in [-0.4, -0.2) is 38.6 Å². The molecule has 0 aliphatic carbocycles. The molecule has 1 amide bonds. The predicted molar refractivity (Wildman–Crippen MR) is 71.5 cm³/mol. The highest BCUT2D eigenvalue weighted by atomic mass is 19.3. The largest absolute Gasteiger partial charge is 0.374 e. The van der Waals surface area contributed by atoms with E-state index in [-0.39, 0.29) is 25.6 Å². The van der Waals surface area contributed by atoms with Crippen LogP contribution < -0.4 is 11.1 Å². The summed E-state index contributed by atoms with van der Waals surface area (Å²) in [6, 6.07) is 6.70. The fourth-order valence-corrected chi connectivity index (χ4v) is 1.37. The lowest BCUT2D eigenvalue weighted by Crippen LogP contribution is -2.27. The van der Waals surface area contributed by atoms with Gasteiger partial charge in [0, 0.05) is 17.7 Å². The van der Waals surface area contributed by atoms with Gasteiger partial charge < -0.3 is 15.8 Å². The molecule has 0 aliphatic rings. The van der Waals surface area contributed by atoms with Gasteiger partial charge >= 0.3 is 0 Å². The van der Waals surface area contributed by atoms with Crippen LogP contribution in [0.4, 0.5) is 8.78 Å². The summed E-state index contributed by atoms with van der Waals surface area (Å²) < 4.78 is 28.2. The number of carbonyl (C=O) groups excluding carboxylic acids is 1. The van der Waals surface area contributed by atoms with E-state index < -0.39 is 13.0 Å². The summed E-state index contributed by atoms with van der Waals surface area (Å²) in [6.07, 6.45) is -2.49. The number of hydrogen-bond donors (Lipinski definition) is 2. The van der Waals surface area contributed by atoms with E-state index in [0.29, 0.717) is 5.56 Å². The quantitative estimate of drug-likeness (QED) is 0.604. The van der Waals surface area contributed by atoms with E-state index in [1.807, 2.05) is 0 Å². The molecule has 1 aromatic carbocycles. The van der Waals surface area contributed by atoms with Crippen molar-refractivity contribution in [1.29, 1.82) is 0 Å². The number of alkyl halides is 2. The Bertz CT molecular complexity index is 478. The van der Waals surface area contributed by atoms with Crippen LogP contribution >= 0.6 is 0 Å². The van der Waals surface area contributed by atoms with Crippen LogP contribution in [0.25, 0.3) is 0 Å². The van der Waals surface area contributed by atoms with Crippen molar-refractivity contribution in [3.63, 3.8) is 0 Å². The van der Waals surface area contributed by atoms with Crippen LogP contribution in [0.1, 0.15) is 15.9 Å². The molecule has 0 spiro atoms. The van der Waals surface area contributed by atoms with Crippen LogP contribution in [0.5, 0.6) is 0 Å². The average molecular weight is 282 g/mol. The molecule has 0 bridgehead atoms. The van der Waals surface area contributed by atoms with Crippen molar-refractivity contribution in [1.82, 2.24) is 5.32 Å². The van der Waals surface area contributed by atoms with Crippen molar-refractivity contribution in [2.24, 2.45) is 5.73 Å². The van der Waals surface area contributed by atoms with Gasteiger partial charge in [0.05, 0.1) is 13.2 Å². The van der Waals surface area contributed by atoms with Crippen molar-refractivity contribution in [3.8, 4) is 11.8 Å². The average Bonchev–Trinajstić information content (AvgIpc) is 2.44. The maximum atomic E-state index is 11.8. The van der Waals surface area contributed by atoms with E-state index in [0.717, 1.165) is 5.56 Å². The molecule has 1 aromatic rings. The Morgan fingerprint density at radius 1 is 1.35 bits per heavy atom. The zero-order valence-corrected chi connectivity index (χ0v) is 10.9. The summed E-state index contributed by atoms with van der Waals surface area (Å²) in [5.74, 6) is 5.27. The molecule has 6 heteroatoms. The number of nitrogens with two attached hydrogens (primary N) is 1. The molecule has 3 N–H and O–H groups in total. The molecular formula is C14H16F2N2O2. The first-order valence-corrected chi connectivity index (χ1v) is 6.06. The lowest BCUT2D eigenvalue weighted by atomic mass is 10.1. The molecule has 0 radical (unpaired) electrons. The first-order valence-electron chi connectivity index (χ1n) is 6.06. The molecule has 0 fully saturated rings. The van der Waals surface area contributed by atoms with Gasteiger partial charge in [-0.05, 0) is 24.3 Å². The van der Waals surface area contributed by atoms with Gasteiger partial charge in [-0.15, -0.1) is 0 Å². The molecule has 108 valence electrons. The molecule has 0 atom stereocenters. The van der Waals surface area contributed by atoms with Crippen LogP contribution in [-0.2, 0) is 4.74 Å². The summed E-state index contributed by atoms with van der Waals surface area (Å²) in [4.78, 5) is 11.7. The Labute approximate surface area is 116 Å². The second-order valence-electron chi connectivity index (χ2n) is 3.81. The highest BCUT2D eigenvalue weighted by Crippen LogP contribution is 2.03. The smallest absolute Gasteiger partial charge is 0.261 e. The normalized spacial score (nSPS) is 10.0. The van der Waals surface area contributed by atoms with E-state index in [9.17, 15) is 13.6 Å². The minimum atomic E-state index is -2.49. The lowest BCUT2D eigenvalue weighted by Gasteiger charge is -2.06. The monoisotopic (exact) mass is 282 g/mol. The topological polar surface area (TPSA) is 64.4 Å². The predicted octanol–water partition coefficient (Wildman–Crippen LogP) is 1.01. The van der Waals surface area contributed by atoms with E-state index in [1.54, 1.807) is 24.3 Å². The second-order valence-corrected chi connectivity index (χ2v) is 3.81. The number of amides is 1. The van der Waals surface area contributed by atoms with Gasteiger partial charge in [0.15, 0.2) is 0 Å².